The Morgan fingerprint density at radius 2 is 1.13 bits per heavy atom. The molecule has 110 heavy (non-hydrogen) atoms. The number of nitrogens with zero attached hydrogens (tertiary/aromatic N) is 2. The second kappa shape index (κ2) is 49.4. The van der Waals surface area contributed by atoms with E-state index in [1.165, 1.54) is 63.4 Å². The zero-order valence-electron chi connectivity index (χ0n) is 71.0. The van der Waals surface area contributed by atoms with Crippen molar-refractivity contribution in [2.45, 2.75) is 332 Å². The van der Waals surface area contributed by atoms with Crippen molar-refractivity contribution in [1.29, 1.82) is 0 Å². The zero-order chi connectivity index (χ0) is 82.8. The lowest BCUT2D eigenvalue weighted by atomic mass is 9.69. The number of aliphatic hydroxyl groups is 1. The number of nitrogens with two attached hydrogens (primary N) is 2. The standard InChI is InChI=1S/C29H34F2N2O4.C16H32N2O2.C12H23NO3.C12H20O4.C11H24N2.C4H11N.C2H7P/c1-16(2)11-19-12-18-5-3-4-6-23(18)33-24(19)15-32-14-21(27(35)28(36)26(32)29(33)37)25(34)10-8-17-7-9-20(30)13-22(17)31;1-12(2)10-17-11-13-8-6-7-9-14(13)18-15(19)20-16(3,4)5;1-12(2,3)16-11(15)13-10-7-5-4-6-9(10)8-14;1-12(2,3)16-10(13)7-8-5-4-6-9(8)11(14)15;1-9(2)7-13-8-10-5-3-4-6-11(10)12;1-4(2)3-5;1-2-3/h7,9,13-14,16,18-19,23-24,36H,3-6,8,10-12,15H2,1-2H3;12-14,17H,6-11H2,1-5H3,(H,18,19);9-10,14H,4-8H2,1-3H3,(H,13,15);8-9H,4-7H2,1-3H3,(H,14,15);9-11,13H,3-8,12H2,1-2H3;4H,3,5H2,1-2H3;2-3H2,1H3/t18-,19?,23-,24-;13-,14-;9-,10-;8-,9-;10-,11-;;/m00010../s1. The van der Waals surface area contributed by atoms with Gasteiger partial charge in [-0.15, -0.1) is 9.24 Å². The van der Waals surface area contributed by atoms with Gasteiger partial charge in [0.1, 0.15) is 28.4 Å². The third kappa shape index (κ3) is 36.9. The van der Waals surface area contributed by atoms with Crippen LogP contribution < -0.4 is 38.2 Å². The number of piperidine rings is 1. The van der Waals surface area contributed by atoms with Crippen LogP contribution >= 0.6 is 9.24 Å². The van der Waals surface area contributed by atoms with Gasteiger partial charge in [-0.05, 0) is 250 Å². The molecule has 3 heterocycles. The smallest absolute Gasteiger partial charge is 0.407 e. The largest absolute Gasteiger partial charge is 0.503 e. The summed E-state index contributed by atoms with van der Waals surface area (Å²) in [7, 11) is 2.58. The molecular weight excluding hydrogens is 1420 g/mol. The summed E-state index contributed by atoms with van der Waals surface area (Å²) >= 11 is 0. The maximum absolute atomic E-state index is 14.0. The predicted molar refractivity (Wildman–Crippen MR) is 440 cm³/mol. The van der Waals surface area contributed by atoms with E-state index in [1.807, 2.05) is 67.2 Å². The van der Waals surface area contributed by atoms with Gasteiger partial charge >= 0.3 is 24.1 Å². The minimum absolute atomic E-state index is 0.0121. The third-order valence-corrected chi connectivity index (χ3v) is 21.2. The summed E-state index contributed by atoms with van der Waals surface area (Å²) in [6.45, 7) is 41.9. The minimum atomic E-state index is -0.876. The lowest BCUT2D eigenvalue weighted by molar-refractivity contribution is -0.157. The highest BCUT2D eigenvalue weighted by atomic mass is 31.0. The Balaban J connectivity index is 0.000000368. The van der Waals surface area contributed by atoms with Gasteiger partial charge in [-0.25, -0.2) is 18.4 Å². The van der Waals surface area contributed by atoms with E-state index >= 15 is 0 Å². The van der Waals surface area contributed by atoms with Crippen molar-refractivity contribution in [3.05, 3.63) is 63.1 Å². The van der Waals surface area contributed by atoms with Gasteiger partial charge in [-0.3, -0.25) is 24.0 Å². The van der Waals surface area contributed by atoms with E-state index in [0.29, 0.717) is 54.5 Å². The van der Waals surface area contributed by atoms with E-state index in [9.17, 15) is 52.6 Å². The van der Waals surface area contributed by atoms with Gasteiger partial charge in [0.15, 0.2) is 17.2 Å². The molecule has 9 rings (SSSR count). The van der Waals surface area contributed by atoms with Crippen LogP contribution in [0.25, 0.3) is 0 Å². The molecule has 3 amide bonds. The second-order valence-electron chi connectivity index (χ2n) is 36.5. The number of aromatic hydroxyl groups is 1. The molecular formula is C86H151F2N8O13P. The second-order valence-corrected chi connectivity index (χ2v) is 37.3. The van der Waals surface area contributed by atoms with Crippen molar-refractivity contribution < 1.29 is 67.1 Å². The van der Waals surface area contributed by atoms with Crippen molar-refractivity contribution >= 4 is 45.1 Å². The number of aliphatic carboxylic acids is 1. The van der Waals surface area contributed by atoms with E-state index < -0.39 is 51.4 Å². The number of ketones is 1. The molecule has 6 fully saturated rings. The Bertz CT molecular complexity index is 3130. The number of carboxylic acid groups (broad SMARTS) is 1. The van der Waals surface area contributed by atoms with Crippen molar-refractivity contribution in [3.63, 3.8) is 0 Å². The van der Waals surface area contributed by atoms with Crippen LogP contribution in [0.5, 0.6) is 5.75 Å². The molecule has 1 saturated heterocycles. The van der Waals surface area contributed by atoms with Gasteiger partial charge in [0.2, 0.25) is 5.43 Å². The third-order valence-electron chi connectivity index (χ3n) is 21.2. The number of alkyl carbamates (subject to hydrolysis) is 2. The highest BCUT2D eigenvalue weighted by Crippen LogP contribution is 2.46. The van der Waals surface area contributed by atoms with Gasteiger partial charge in [-0.2, -0.15) is 0 Å². The number of nitrogens with one attached hydrogen (secondary N) is 4. The number of halogens is 2. The first-order chi connectivity index (χ1) is 51.5. The number of esters is 1. The summed E-state index contributed by atoms with van der Waals surface area (Å²) in [6, 6.07) is 3.98. The molecule has 2 unspecified atom stereocenters. The molecule has 5 saturated carbocycles. The van der Waals surface area contributed by atoms with Crippen LogP contribution in [0.1, 0.15) is 299 Å². The molecule has 7 aliphatic rings. The van der Waals surface area contributed by atoms with Gasteiger partial charge in [0.05, 0.1) is 17.5 Å². The summed E-state index contributed by atoms with van der Waals surface area (Å²) in [5.74, 6) is 0.193. The molecule has 1 aromatic heterocycles. The Hall–Kier alpha value is -5.32. The fraction of sp³-hybridized carbons (Fsp3) is 0.802. The van der Waals surface area contributed by atoms with Crippen LogP contribution in [0.2, 0.25) is 0 Å². The molecule has 632 valence electrons. The molecule has 5 aliphatic carbocycles. The van der Waals surface area contributed by atoms with E-state index in [2.05, 4.69) is 92.8 Å². The summed E-state index contributed by atoms with van der Waals surface area (Å²) in [6.07, 6.45) is 24.8. The lowest BCUT2D eigenvalue weighted by Crippen LogP contribution is -2.62. The summed E-state index contributed by atoms with van der Waals surface area (Å²) in [5, 5.41) is 42.0. The summed E-state index contributed by atoms with van der Waals surface area (Å²) < 4.78 is 44.6. The topological polar surface area (TPSA) is 316 Å². The summed E-state index contributed by atoms with van der Waals surface area (Å²) in [4.78, 5) is 87.8. The van der Waals surface area contributed by atoms with Crippen molar-refractivity contribution in [2.24, 2.45) is 76.6 Å². The Kier molecular flexibility index (Phi) is 44.4. The molecule has 1 aromatic carbocycles. The van der Waals surface area contributed by atoms with E-state index in [0.717, 1.165) is 140 Å². The van der Waals surface area contributed by atoms with E-state index in [4.69, 9.17) is 30.8 Å². The number of carboxylic acids is 1. The Morgan fingerprint density at radius 1 is 0.636 bits per heavy atom. The predicted octanol–water partition coefficient (Wildman–Crippen LogP) is 15.9. The van der Waals surface area contributed by atoms with Crippen LogP contribution in [0.15, 0.2) is 29.2 Å². The summed E-state index contributed by atoms with van der Waals surface area (Å²) in [5.41, 5.74) is 8.88. The van der Waals surface area contributed by atoms with Crippen molar-refractivity contribution in [2.75, 3.05) is 45.5 Å². The number of hydrogen-bond acceptors (Lipinski definition) is 16. The van der Waals surface area contributed by atoms with E-state index in [-0.39, 0.29) is 109 Å². The number of hydrogen-bond donors (Lipinski definition) is 9. The Labute approximate surface area is 662 Å². The minimum Gasteiger partial charge on any atom is -0.503 e. The number of carbonyl (C=O) groups is 6. The van der Waals surface area contributed by atoms with Gasteiger partial charge in [-0.1, -0.05) is 126 Å². The number of carbonyl (C=O) groups excluding carboxylic acids is 5. The number of aryl methyl sites for hydroxylation is 1. The van der Waals surface area contributed by atoms with E-state index in [1.54, 1.807) is 4.57 Å². The highest BCUT2D eigenvalue weighted by molar-refractivity contribution is 7.16. The molecule has 2 aliphatic heterocycles. The van der Waals surface area contributed by atoms with Crippen LogP contribution in [0.3, 0.4) is 0 Å². The molecule has 11 N–H and O–H groups in total. The number of aliphatic hydroxyl groups excluding tert-OH is 1. The first kappa shape index (κ1) is 98.9. The number of ether oxygens (including phenoxy) is 3. The van der Waals surface area contributed by atoms with Crippen molar-refractivity contribution in [1.82, 2.24) is 30.7 Å². The molecule has 13 atom stereocenters. The normalized spacial score (nSPS) is 24.3. The van der Waals surface area contributed by atoms with Crippen LogP contribution in [0, 0.1) is 76.7 Å². The quantitative estimate of drug-likeness (QED) is 0.0243. The number of Topliss-reactive ketones (excluding diaryl/α,β-unsaturated/α-hetero) is 1. The van der Waals surface area contributed by atoms with Gasteiger partial charge < -0.3 is 71.7 Å². The molecule has 0 radical (unpaired) electrons. The molecule has 21 nitrogen and oxygen atoms in total. The maximum atomic E-state index is 14.0. The monoisotopic (exact) mass is 1570 g/mol. The SMILES string of the molecule is CC(C)(C)OC(=O)C[C@H]1CCC[C@H]1C(=O)O.CC(C)(C)OC(=O)N[C@H]1CCCC[C@H]1CO.CC(C)CC1C[C@@H]2CCCC[C@@H]2N2C(=O)c3c(O)c(=O)c(C(=O)CCc4ccc(F)cc4F)cn3C[C@@H]12.CC(C)CN.CC(C)CNC[C@@H]1CCCC[C@@H]1N.CC(C)CNC[C@@H]1CCCC[C@@H]1NC(=O)OC(C)(C)C.CCP. The maximum Gasteiger partial charge on any atom is 0.407 e. The Morgan fingerprint density at radius 3 is 1.63 bits per heavy atom. The number of pyridine rings is 1. The van der Waals surface area contributed by atoms with Crippen LogP contribution in [-0.4, -0.2) is 153 Å². The first-order valence-electron chi connectivity index (χ1n) is 41.9. The van der Waals surface area contributed by atoms with Gasteiger partial charge in [0.25, 0.3) is 5.91 Å². The van der Waals surface area contributed by atoms with Gasteiger partial charge in [0, 0.05) is 68.3 Å². The molecule has 0 spiro atoms. The molecule has 24 heteroatoms. The van der Waals surface area contributed by atoms with Crippen LogP contribution in [0.4, 0.5) is 18.4 Å². The number of benzene rings is 1. The number of amides is 3. The lowest BCUT2D eigenvalue weighted by Gasteiger charge is -2.54. The molecule has 2 aromatic rings. The van der Waals surface area contributed by atoms with Crippen LogP contribution in [-0.2, 0) is 36.8 Å². The fourth-order valence-electron chi connectivity index (χ4n) is 15.9. The average molecular weight is 1570 g/mol. The average Bonchev–Trinajstić information content (AvgIpc) is 0.849. The van der Waals surface area contributed by atoms with Crippen molar-refractivity contribution in [3.8, 4) is 5.75 Å². The first-order valence-corrected chi connectivity index (χ1v) is 42.7. The molecule has 0 bridgehead atoms. The highest BCUT2D eigenvalue weighted by Gasteiger charge is 2.50. The number of rotatable bonds is 21. The number of aromatic nitrogens is 1. The number of fused-ring (bicyclic) bond motifs is 4. The fourth-order valence-corrected chi connectivity index (χ4v) is 15.9. The zero-order valence-corrected chi connectivity index (χ0v) is 72.1.